The Balaban J connectivity index is 2.24. The van der Waals surface area contributed by atoms with E-state index in [1.54, 1.807) is 6.92 Å². The number of aliphatic hydroxyl groups excluding tert-OH is 1. The van der Waals surface area contributed by atoms with Gasteiger partial charge in [0.05, 0.1) is 6.10 Å². The molecule has 0 aliphatic rings. The van der Waals surface area contributed by atoms with Crippen molar-refractivity contribution in [2.24, 2.45) is 0 Å². The largest absolute Gasteiger partial charge is 0.486 e. The Morgan fingerprint density at radius 3 is 2.32 bits per heavy atom. The fourth-order valence-corrected chi connectivity index (χ4v) is 2.08. The highest BCUT2D eigenvalue weighted by Crippen LogP contribution is 2.30. The molecule has 1 unspecified atom stereocenters. The molecule has 2 rings (SSSR count). The summed E-state index contributed by atoms with van der Waals surface area (Å²) in [6.45, 7) is 5.78. The minimum absolute atomic E-state index is 0.0404. The van der Waals surface area contributed by atoms with Gasteiger partial charge in [0.25, 0.3) is 0 Å². The van der Waals surface area contributed by atoms with Gasteiger partial charge in [0.2, 0.25) is 0 Å². The van der Waals surface area contributed by atoms with Gasteiger partial charge in [-0.25, -0.2) is 0 Å². The first-order valence-electron chi connectivity index (χ1n) is 6.58. The Kier molecular flexibility index (Phi) is 4.23. The number of hydrogen-bond acceptors (Lipinski definition) is 2. The Morgan fingerprint density at radius 1 is 1.00 bits per heavy atom. The predicted octanol–water partition coefficient (Wildman–Crippen LogP) is 4.19. The minimum Gasteiger partial charge on any atom is -0.486 e. The molecule has 19 heavy (non-hydrogen) atoms. The highest BCUT2D eigenvalue weighted by molar-refractivity contribution is 5.38. The lowest BCUT2D eigenvalue weighted by atomic mass is 10.1. The topological polar surface area (TPSA) is 29.5 Å². The lowest BCUT2D eigenvalue weighted by Crippen LogP contribution is -2.06. The van der Waals surface area contributed by atoms with Crippen LogP contribution in [0.1, 0.15) is 42.7 Å². The Labute approximate surface area is 114 Å². The van der Waals surface area contributed by atoms with Gasteiger partial charge >= 0.3 is 0 Å². The number of benzene rings is 2. The van der Waals surface area contributed by atoms with Crippen LogP contribution in [0, 0.1) is 6.92 Å². The van der Waals surface area contributed by atoms with Crippen LogP contribution in [0.3, 0.4) is 0 Å². The van der Waals surface area contributed by atoms with E-state index in [4.69, 9.17) is 4.74 Å². The number of ether oxygens (including phenoxy) is 1. The van der Waals surface area contributed by atoms with Gasteiger partial charge in [0.1, 0.15) is 11.9 Å². The second-order valence-electron chi connectivity index (χ2n) is 4.89. The van der Waals surface area contributed by atoms with E-state index in [9.17, 15) is 5.11 Å². The molecule has 0 fully saturated rings. The Bertz CT molecular complexity index is 532. The molecule has 2 heteroatoms. The van der Waals surface area contributed by atoms with Crippen LogP contribution in [0.5, 0.6) is 5.75 Å². The molecule has 0 aliphatic carbocycles. The van der Waals surface area contributed by atoms with Crippen molar-refractivity contribution in [3.63, 3.8) is 0 Å². The van der Waals surface area contributed by atoms with E-state index in [2.05, 4.69) is 0 Å². The second-order valence-corrected chi connectivity index (χ2v) is 4.89. The average Bonchev–Trinajstić information content (AvgIpc) is 2.41. The summed E-state index contributed by atoms with van der Waals surface area (Å²) in [7, 11) is 0. The van der Waals surface area contributed by atoms with Gasteiger partial charge in [-0.3, -0.25) is 0 Å². The fourth-order valence-electron chi connectivity index (χ4n) is 2.08. The maximum absolute atomic E-state index is 9.83. The smallest absolute Gasteiger partial charge is 0.126 e. The van der Waals surface area contributed by atoms with Gasteiger partial charge in [-0.15, -0.1) is 0 Å². The Hall–Kier alpha value is -1.80. The summed E-state index contributed by atoms with van der Waals surface area (Å²) in [5, 5.41) is 9.83. The van der Waals surface area contributed by atoms with Crippen LogP contribution >= 0.6 is 0 Å². The molecular formula is C17H20O2. The second kappa shape index (κ2) is 5.89. The molecule has 0 amide bonds. The van der Waals surface area contributed by atoms with Gasteiger partial charge < -0.3 is 9.84 Å². The molecular weight excluding hydrogens is 236 g/mol. The molecule has 0 radical (unpaired) electrons. The molecule has 2 nitrogen and oxygen atoms in total. The zero-order valence-corrected chi connectivity index (χ0v) is 11.6. The highest BCUT2D eigenvalue weighted by Gasteiger charge is 2.13. The molecule has 0 aliphatic heterocycles. The van der Waals surface area contributed by atoms with Gasteiger partial charge in [0, 0.05) is 5.56 Å². The van der Waals surface area contributed by atoms with Crippen LogP contribution in [-0.4, -0.2) is 5.11 Å². The summed E-state index contributed by atoms with van der Waals surface area (Å²) in [5.74, 6) is 0.747. The lowest BCUT2D eigenvalue weighted by Gasteiger charge is -2.19. The van der Waals surface area contributed by atoms with Crippen LogP contribution in [0.25, 0.3) is 0 Å². The first-order chi connectivity index (χ1) is 9.08. The molecule has 2 aromatic rings. The zero-order chi connectivity index (χ0) is 13.8. The summed E-state index contributed by atoms with van der Waals surface area (Å²) in [6, 6.07) is 16.0. The van der Waals surface area contributed by atoms with E-state index in [0.717, 1.165) is 22.4 Å². The highest BCUT2D eigenvalue weighted by atomic mass is 16.5. The normalized spacial score (nSPS) is 13.9. The Morgan fingerprint density at radius 2 is 1.68 bits per heavy atom. The number of aryl methyl sites for hydroxylation is 1. The van der Waals surface area contributed by atoms with Crippen molar-refractivity contribution in [2.45, 2.75) is 33.0 Å². The van der Waals surface area contributed by atoms with Crippen LogP contribution in [0.4, 0.5) is 0 Å². The van der Waals surface area contributed by atoms with Crippen molar-refractivity contribution in [2.75, 3.05) is 0 Å². The van der Waals surface area contributed by atoms with E-state index in [1.807, 2.05) is 62.4 Å². The van der Waals surface area contributed by atoms with Gasteiger partial charge in [-0.05, 0) is 38.5 Å². The van der Waals surface area contributed by atoms with E-state index in [-0.39, 0.29) is 6.10 Å². The lowest BCUT2D eigenvalue weighted by molar-refractivity contribution is 0.179. The molecule has 0 saturated heterocycles. The van der Waals surface area contributed by atoms with Crippen molar-refractivity contribution in [1.82, 2.24) is 0 Å². The third-order valence-corrected chi connectivity index (χ3v) is 3.19. The summed E-state index contributed by atoms with van der Waals surface area (Å²) >= 11 is 0. The molecule has 100 valence electrons. The molecule has 0 saturated carbocycles. The number of aliphatic hydroxyl groups is 1. The van der Waals surface area contributed by atoms with Gasteiger partial charge in [-0.1, -0.05) is 42.0 Å². The van der Waals surface area contributed by atoms with E-state index < -0.39 is 6.10 Å². The standard InChI is InChI=1S/C17H20O2/c1-12-9-10-17(16(11-12)13(2)18)19-14(3)15-7-5-4-6-8-15/h4-11,13-14,18H,1-3H3/t13-,14?/m1/s1. The SMILES string of the molecule is Cc1ccc(OC(C)c2ccccc2)c([C@@H](C)O)c1. The van der Waals surface area contributed by atoms with E-state index in [1.165, 1.54) is 0 Å². The number of rotatable bonds is 4. The molecule has 0 spiro atoms. The maximum atomic E-state index is 9.83. The average molecular weight is 256 g/mol. The van der Waals surface area contributed by atoms with Crippen LogP contribution in [0.15, 0.2) is 48.5 Å². The minimum atomic E-state index is -0.530. The van der Waals surface area contributed by atoms with Gasteiger partial charge in [-0.2, -0.15) is 0 Å². The quantitative estimate of drug-likeness (QED) is 0.888. The van der Waals surface area contributed by atoms with Crippen molar-refractivity contribution in [1.29, 1.82) is 0 Å². The van der Waals surface area contributed by atoms with Gasteiger partial charge in [0.15, 0.2) is 0 Å². The van der Waals surface area contributed by atoms with E-state index >= 15 is 0 Å². The fraction of sp³-hybridized carbons (Fsp3) is 0.294. The van der Waals surface area contributed by atoms with Crippen LogP contribution in [0.2, 0.25) is 0 Å². The van der Waals surface area contributed by atoms with E-state index in [0.29, 0.717) is 0 Å². The van der Waals surface area contributed by atoms with Crippen LogP contribution < -0.4 is 4.74 Å². The van der Waals surface area contributed by atoms with Crippen molar-refractivity contribution < 1.29 is 9.84 Å². The van der Waals surface area contributed by atoms with Crippen molar-refractivity contribution in [3.05, 3.63) is 65.2 Å². The summed E-state index contributed by atoms with van der Waals surface area (Å²) in [5.41, 5.74) is 3.08. The molecule has 0 aromatic heterocycles. The van der Waals surface area contributed by atoms with Crippen molar-refractivity contribution in [3.8, 4) is 5.75 Å². The zero-order valence-electron chi connectivity index (χ0n) is 11.6. The third kappa shape index (κ3) is 3.36. The molecule has 2 aromatic carbocycles. The first kappa shape index (κ1) is 13.6. The van der Waals surface area contributed by atoms with Crippen LogP contribution in [-0.2, 0) is 0 Å². The van der Waals surface area contributed by atoms with Crippen molar-refractivity contribution >= 4 is 0 Å². The predicted molar refractivity (Wildman–Crippen MR) is 77.3 cm³/mol. The summed E-state index contributed by atoms with van der Waals surface area (Å²) in [6.07, 6.45) is -0.570. The monoisotopic (exact) mass is 256 g/mol. The first-order valence-corrected chi connectivity index (χ1v) is 6.58. The maximum Gasteiger partial charge on any atom is 0.126 e. The summed E-state index contributed by atoms with van der Waals surface area (Å²) in [4.78, 5) is 0. The molecule has 0 bridgehead atoms. The molecule has 1 N–H and O–H groups in total. The summed E-state index contributed by atoms with van der Waals surface area (Å²) < 4.78 is 5.99. The molecule has 2 atom stereocenters. The molecule has 0 heterocycles. The third-order valence-electron chi connectivity index (χ3n) is 3.19. The number of hydrogen-bond donors (Lipinski definition) is 1.